The highest BCUT2D eigenvalue weighted by Crippen LogP contribution is 2.47. The molecule has 7 rings (SSSR count). The SMILES string of the molecule is O=C(O)c1ccc2c(C3CCCCC3)c3n(c2c1)CCCn1cc(CNC2CCC(O)CC2)c2cccc-3c21. The van der Waals surface area contributed by atoms with E-state index < -0.39 is 5.97 Å². The lowest BCUT2D eigenvalue weighted by molar-refractivity contribution is 0.0697. The summed E-state index contributed by atoms with van der Waals surface area (Å²) in [6.07, 6.45) is 13.3. The van der Waals surface area contributed by atoms with Gasteiger partial charge in [0, 0.05) is 53.7 Å². The van der Waals surface area contributed by atoms with Crippen LogP contribution in [-0.4, -0.2) is 37.5 Å². The molecule has 0 unspecified atom stereocenters. The Morgan fingerprint density at radius 2 is 1.74 bits per heavy atom. The summed E-state index contributed by atoms with van der Waals surface area (Å²) < 4.78 is 4.92. The fourth-order valence-electron chi connectivity index (χ4n) is 7.71. The number of aromatic carboxylic acids is 1. The number of aliphatic hydroxyl groups excluding tert-OH is 1. The molecule has 204 valence electrons. The monoisotopic (exact) mass is 525 g/mol. The van der Waals surface area contributed by atoms with Crippen molar-refractivity contribution in [2.24, 2.45) is 0 Å². The van der Waals surface area contributed by atoms with Crippen LogP contribution >= 0.6 is 0 Å². The Labute approximate surface area is 229 Å². The molecule has 3 heterocycles. The third-order valence-electron chi connectivity index (χ3n) is 9.66. The van der Waals surface area contributed by atoms with Crippen LogP contribution in [0.5, 0.6) is 0 Å². The summed E-state index contributed by atoms with van der Waals surface area (Å²) in [6, 6.07) is 13.0. The molecule has 2 fully saturated rings. The van der Waals surface area contributed by atoms with Crippen LogP contribution < -0.4 is 5.32 Å². The van der Waals surface area contributed by atoms with Crippen molar-refractivity contribution >= 4 is 27.8 Å². The molecule has 0 bridgehead atoms. The molecule has 6 heteroatoms. The second kappa shape index (κ2) is 10.1. The average molecular weight is 526 g/mol. The van der Waals surface area contributed by atoms with E-state index in [1.165, 1.54) is 70.8 Å². The van der Waals surface area contributed by atoms with Gasteiger partial charge in [-0.3, -0.25) is 0 Å². The average Bonchev–Trinajstić information content (AvgIpc) is 3.47. The highest BCUT2D eigenvalue weighted by Gasteiger charge is 2.29. The van der Waals surface area contributed by atoms with E-state index in [-0.39, 0.29) is 6.10 Å². The van der Waals surface area contributed by atoms with Gasteiger partial charge < -0.3 is 24.7 Å². The molecule has 0 saturated heterocycles. The first-order chi connectivity index (χ1) is 19.1. The molecule has 0 atom stereocenters. The zero-order chi connectivity index (χ0) is 26.5. The van der Waals surface area contributed by atoms with Crippen molar-refractivity contribution in [2.45, 2.75) is 102 Å². The van der Waals surface area contributed by atoms with Crippen LogP contribution in [0.2, 0.25) is 0 Å². The lowest BCUT2D eigenvalue weighted by Crippen LogP contribution is -2.34. The molecule has 2 saturated carbocycles. The number of carboxylic acids is 1. The van der Waals surface area contributed by atoms with E-state index in [9.17, 15) is 15.0 Å². The van der Waals surface area contributed by atoms with Crippen LogP contribution in [0, 0.1) is 0 Å². The minimum atomic E-state index is -0.863. The van der Waals surface area contributed by atoms with Crippen LogP contribution in [0.25, 0.3) is 33.1 Å². The first kappa shape index (κ1) is 24.9. The predicted octanol–water partition coefficient (Wildman–Crippen LogP) is 6.81. The summed E-state index contributed by atoms with van der Waals surface area (Å²) in [6.45, 7) is 2.67. The molecule has 2 aromatic carbocycles. The lowest BCUT2D eigenvalue weighted by Gasteiger charge is -2.26. The third kappa shape index (κ3) is 4.38. The maximum Gasteiger partial charge on any atom is 0.335 e. The van der Waals surface area contributed by atoms with Crippen LogP contribution in [0.4, 0.5) is 0 Å². The van der Waals surface area contributed by atoms with Crippen molar-refractivity contribution in [3.63, 3.8) is 0 Å². The lowest BCUT2D eigenvalue weighted by atomic mass is 9.81. The standard InChI is InChI=1S/C33H39N3O3/c37-25-13-11-24(12-14-25)34-19-23-20-35-16-5-17-36-29-18-22(33(38)39)10-15-27(29)30(21-6-2-1-3-7-21)32(36)28-9-4-8-26(23)31(28)35/h4,8-10,15,18,20-21,24-25,34,37H,1-3,5-7,11-14,16-17,19H2,(H,38,39). The van der Waals surface area contributed by atoms with Crippen molar-refractivity contribution < 1.29 is 15.0 Å². The predicted molar refractivity (Wildman–Crippen MR) is 155 cm³/mol. The molecular formula is C33H39N3O3. The summed E-state index contributed by atoms with van der Waals surface area (Å²) in [5.41, 5.74) is 8.12. The van der Waals surface area contributed by atoms with Gasteiger partial charge in [-0.25, -0.2) is 4.79 Å². The number of para-hydroxylation sites is 1. The minimum absolute atomic E-state index is 0.133. The van der Waals surface area contributed by atoms with Crippen molar-refractivity contribution in [3.8, 4) is 11.3 Å². The van der Waals surface area contributed by atoms with Crippen molar-refractivity contribution in [2.75, 3.05) is 0 Å². The molecular weight excluding hydrogens is 486 g/mol. The fraction of sp³-hybridized carbons (Fsp3) is 0.485. The Bertz CT molecular complexity index is 1530. The van der Waals surface area contributed by atoms with Crippen molar-refractivity contribution in [1.82, 2.24) is 14.5 Å². The molecule has 4 aromatic rings. The smallest absolute Gasteiger partial charge is 0.335 e. The Kier molecular flexibility index (Phi) is 6.48. The Morgan fingerprint density at radius 3 is 2.54 bits per heavy atom. The first-order valence-corrected chi connectivity index (χ1v) is 15.0. The van der Waals surface area contributed by atoms with Gasteiger partial charge in [0.15, 0.2) is 0 Å². The first-order valence-electron chi connectivity index (χ1n) is 15.0. The molecule has 0 radical (unpaired) electrons. The number of benzene rings is 2. The van der Waals surface area contributed by atoms with E-state index in [4.69, 9.17) is 0 Å². The number of aromatic nitrogens is 2. The van der Waals surface area contributed by atoms with E-state index in [0.29, 0.717) is 17.5 Å². The number of hydrogen-bond donors (Lipinski definition) is 3. The summed E-state index contributed by atoms with van der Waals surface area (Å²) in [4.78, 5) is 11.9. The van der Waals surface area contributed by atoms with Crippen LogP contribution in [-0.2, 0) is 19.6 Å². The van der Waals surface area contributed by atoms with E-state index in [2.05, 4.69) is 44.9 Å². The van der Waals surface area contributed by atoms with Gasteiger partial charge in [-0.1, -0.05) is 43.5 Å². The minimum Gasteiger partial charge on any atom is -0.478 e. The van der Waals surface area contributed by atoms with Gasteiger partial charge in [0.25, 0.3) is 0 Å². The van der Waals surface area contributed by atoms with Gasteiger partial charge in [0.2, 0.25) is 0 Å². The van der Waals surface area contributed by atoms with Gasteiger partial charge in [0.05, 0.1) is 22.9 Å². The number of carboxylic acid groups (broad SMARTS) is 1. The van der Waals surface area contributed by atoms with Gasteiger partial charge in [0.1, 0.15) is 0 Å². The Balaban J connectivity index is 1.38. The number of nitrogens with one attached hydrogen (secondary N) is 1. The van der Waals surface area contributed by atoms with E-state index >= 15 is 0 Å². The maximum absolute atomic E-state index is 11.9. The molecule has 2 aromatic heterocycles. The highest BCUT2D eigenvalue weighted by atomic mass is 16.4. The number of rotatable bonds is 5. The van der Waals surface area contributed by atoms with Gasteiger partial charge in [-0.15, -0.1) is 0 Å². The van der Waals surface area contributed by atoms with E-state index in [0.717, 1.165) is 57.3 Å². The van der Waals surface area contributed by atoms with Crippen molar-refractivity contribution in [1.29, 1.82) is 0 Å². The summed E-state index contributed by atoms with van der Waals surface area (Å²) >= 11 is 0. The molecule has 6 nitrogen and oxygen atoms in total. The number of nitrogens with zero attached hydrogens (tertiary/aromatic N) is 2. The highest BCUT2D eigenvalue weighted by molar-refractivity contribution is 6.03. The zero-order valence-electron chi connectivity index (χ0n) is 22.7. The normalized spacial score (nSPS) is 22.1. The number of hydrogen-bond acceptors (Lipinski definition) is 3. The number of aliphatic hydroxyl groups is 1. The van der Waals surface area contributed by atoms with Gasteiger partial charge in [-0.2, -0.15) is 0 Å². The van der Waals surface area contributed by atoms with E-state index in [1.54, 1.807) is 6.07 Å². The molecule has 0 spiro atoms. The van der Waals surface area contributed by atoms with Crippen molar-refractivity contribution in [3.05, 3.63) is 59.3 Å². The summed E-state index contributed by atoms with van der Waals surface area (Å²) in [5.74, 6) is -0.354. The van der Waals surface area contributed by atoms with Crippen LogP contribution in [0.1, 0.15) is 91.6 Å². The maximum atomic E-state index is 11.9. The Hall–Kier alpha value is -3.09. The molecule has 0 amide bonds. The van der Waals surface area contributed by atoms with Crippen LogP contribution in [0.15, 0.2) is 42.6 Å². The second-order valence-corrected chi connectivity index (χ2v) is 12.1. The third-order valence-corrected chi connectivity index (χ3v) is 9.66. The Morgan fingerprint density at radius 1 is 0.923 bits per heavy atom. The summed E-state index contributed by atoms with van der Waals surface area (Å²) in [7, 11) is 0. The quantitative estimate of drug-likeness (QED) is 0.268. The second-order valence-electron chi connectivity index (χ2n) is 12.1. The number of fused-ring (bicyclic) bond motifs is 4. The largest absolute Gasteiger partial charge is 0.478 e. The molecule has 3 N–H and O–H groups in total. The summed E-state index contributed by atoms with van der Waals surface area (Å²) in [5, 5.41) is 26.0. The topological polar surface area (TPSA) is 79.4 Å². The van der Waals surface area contributed by atoms with Crippen LogP contribution in [0.3, 0.4) is 0 Å². The fourth-order valence-corrected chi connectivity index (χ4v) is 7.71. The zero-order valence-corrected chi connectivity index (χ0v) is 22.7. The van der Waals surface area contributed by atoms with Gasteiger partial charge in [-0.05, 0) is 74.1 Å². The molecule has 2 aliphatic carbocycles. The molecule has 39 heavy (non-hydrogen) atoms. The molecule has 1 aliphatic heterocycles. The number of aryl methyl sites for hydroxylation is 2. The molecule has 3 aliphatic rings. The number of carbonyl (C=O) groups is 1. The van der Waals surface area contributed by atoms with Gasteiger partial charge >= 0.3 is 5.97 Å². The van der Waals surface area contributed by atoms with E-state index in [1.807, 2.05) is 6.07 Å².